The Kier molecular flexibility index (Phi) is 6.89. The van der Waals surface area contributed by atoms with Gasteiger partial charge in [0.2, 0.25) is 5.91 Å². The molecule has 2 atom stereocenters. The Morgan fingerprint density at radius 2 is 1.82 bits per heavy atom. The maximum Gasteiger partial charge on any atom is 0.225 e. The Hall–Kier alpha value is -1.06. The number of hydrogen-bond acceptors (Lipinski definition) is 2. The zero-order valence-corrected chi connectivity index (χ0v) is 14.7. The van der Waals surface area contributed by atoms with Crippen LogP contribution < -0.4 is 11.1 Å². The predicted octanol–water partition coefficient (Wildman–Crippen LogP) is 3.83. The van der Waals surface area contributed by atoms with E-state index in [-0.39, 0.29) is 35.8 Å². The minimum absolute atomic E-state index is 0. The van der Waals surface area contributed by atoms with Crippen LogP contribution in [-0.4, -0.2) is 11.4 Å². The second kappa shape index (κ2) is 7.98. The van der Waals surface area contributed by atoms with E-state index >= 15 is 0 Å². The summed E-state index contributed by atoms with van der Waals surface area (Å²) in [6.45, 7) is 6.37. The normalized spacial score (nSPS) is 27.4. The van der Waals surface area contributed by atoms with Crippen LogP contribution in [0.1, 0.15) is 58.1 Å². The quantitative estimate of drug-likeness (QED) is 0.884. The van der Waals surface area contributed by atoms with Crippen molar-refractivity contribution in [2.24, 2.45) is 17.6 Å². The fraction of sp³-hybridized carbons (Fsp3) is 0.611. The van der Waals surface area contributed by atoms with Gasteiger partial charge >= 0.3 is 0 Å². The zero-order valence-electron chi connectivity index (χ0n) is 13.8. The first kappa shape index (κ1) is 19.0. The monoisotopic (exact) mass is 324 g/mol. The van der Waals surface area contributed by atoms with E-state index in [0.29, 0.717) is 0 Å². The van der Waals surface area contributed by atoms with Crippen LogP contribution in [-0.2, 0) is 4.79 Å². The summed E-state index contributed by atoms with van der Waals surface area (Å²) in [5.74, 6) is 0.631. The van der Waals surface area contributed by atoms with Crippen molar-refractivity contribution in [3.8, 4) is 0 Å². The van der Waals surface area contributed by atoms with Gasteiger partial charge in [-0.05, 0) is 44.1 Å². The number of rotatable bonds is 4. The minimum atomic E-state index is -0.252. The van der Waals surface area contributed by atoms with Gasteiger partial charge in [-0.3, -0.25) is 4.79 Å². The van der Waals surface area contributed by atoms with E-state index in [9.17, 15) is 4.79 Å². The topological polar surface area (TPSA) is 55.1 Å². The van der Waals surface area contributed by atoms with Crippen LogP contribution >= 0.6 is 12.4 Å². The molecular weight excluding hydrogens is 296 g/mol. The molecule has 3 nitrogen and oxygen atoms in total. The second-order valence-electron chi connectivity index (χ2n) is 6.96. The summed E-state index contributed by atoms with van der Waals surface area (Å²) in [6, 6.07) is 9.60. The number of carbonyl (C=O) groups excluding carboxylic acids is 1. The molecule has 124 valence electrons. The second-order valence-corrected chi connectivity index (χ2v) is 6.96. The molecule has 1 aromatic rings. The number of benzene rings is 1. The van der Waals surface area contributed by atoms with Crippen LogP contribution in [0.5, 0.6) is 0 Å². The first-order valence-electron chi connectivity index (χ1n) is 8.04. The van der Waals surface area contributed by atoms with Crippen molar-refractivity contribution >= 4 is 18.3 Å². The van der Waals surface area contributed by atoms with E-state index in [0.717, 1.165) is 24.3 Å². The molecule has 4 heteroatoms. The lowest BCUT2D eigenvalue weighted by Crippen LogP contribution is -2.51. The highest BCUT2D eigenvalue weighted by Gasteiger charge is 2.33. The highest BCUT2D eigenvalue weighted by molar-refractivity contribution is 5.85. The average Bonchev–Trinajstić information content (AvgIpc) is 2.50. The lowest BCUT2D eigenvalue weighted by molar-refractivity contribution is -0.127. The molecular formula is C18H29ClN2O. The summed E-state index contributed by atoms with van der Waals surface area (Å²) >= 11 is 0. The molecule has 0 heterocycles. The van der Waals surface area contributed by atoms with Crippen molar-refractivity contribution in [2.75, 3.05) is 0 Å². The average molecular weight is 325 g/mol. The summed E-state index contributed by atoms with van der Waals surface area (Å²) < 4.78 is 0. The van der Waals surface area contributed by atoms with Gasteiger partial charge in [-0.25, -0.2) is 0 Å². The van der Waals surface area contributed by atoms with Crippen molar-refractivity contribution < 1.29 is 4.79 Å². The molecule has 0 spiro atoms. The first-order valence-corrected chi connectivity index (χ1v) is 8.04. The molecule has 1 saturated carbocycles. The Labute approximate surface area is 140 Å². The molecule has 0 aliphatic heterocycles. The zero-order chi connectivity index (χ0) is 15.5. The molecule has 0 bridgehead atoms. The van der Waals surface area contributed by atoms with Gasteiger partial charge in [0.25, 0.3) is 0 Å². The van der Waals surface area contributed by atoms with E-state index in [1.54, 1.807) is 0 Å². The standard InChI is InChI=1S/C18H28N2O.ClH/c1-13-9-11-18(3,12-10-13)20-17(21)14(2)16(19)15-7-5-4-6-8-15;/h4-8,13-14,16H,9-12,19H2,1-3H3,(H,20,21);1H. The summed E-state index contributed by atoms with van der Waals surface area (Å²) in [4.78, 5) is 12.5. The van der Waals surface area contributed by atoms with Crippen molar-refractivity contribution in [1.82, 2.24) is 5.32 Å². The molecule has 1 aliphatic rings. The van der Waals surface area contributed by atoms with Gasteiger partial charge < -0.3 is 11.1 Å². The van der Waals surface area contributed by atoms with Crippen molar-refractivity contribution in [2.45, 2.75) is 58.0 Å². The summed E-state index contributed by atoms with van der Waals surface area (Å²) in [7, 11) is 0. The van der Waals surface area contributed by atoms with E-state index in [2.05, 4.69) is 19.2 Å². The Morgan fingerprint density at radius 3 is 2.36 bits per heavy atom. The van der Waals surface area contributed by atoms with Crippen molar-refractivity contribution in [3.05, 3.63) is 35.9 Å². The summed E-state index contributed by atoms with van der Waals surface area (Å²) in [6.07, 6.45) is 4.51. The molecule has 2 rings (SSSR count). The molecule has 3 N–H and O–H groups in total. The fourth-order valence-electron chi connectivity index (χ4n) is 3.06. The predicted molar refractivity (Wildman–Crippen MR) is 94.0 cm³/mol. The summed E-state index contributed by atoms with van der Waals surface area (Å²) in [5.41, 5.74) is 7.20. The SMILES string of the molecule is CC1CCC(C)(NC(=O)C(C)C(N)c2ccccc2)CC1.Cl. The smallest absolute Gasteiger partial charge is 0.225 e. The number of halogens is 1. The minimum Gasteiger partial charge on any atom is -0.351 e. The lowest BCUT2D eigenvalue weighted by Gasteiger charge is -2.38. The Balaban J connectivity index is 0.00000242. The molecule has 0 saturated heterocycles. The van der Waals surface area contributed by atoms with E-state index in [1.807, 2.05) is 37.3 Å². The van der Waals surface area contributed by atoms with Crippen LogP contribution in [0, 0.1) is 11.8 Å². The van der Waals surface area contributed by atoms with E-state index in [4.69, 9.17) is 5.73 Å². The van der Waals surface area contributed by atoms with Crippen LogP contribution in [0.3, 0.4) is 0 Å². The van der Waals surface area contributed by atoms with Gasteiger partial charge in [-0.1, -0.05) is 44.2 Å². The van der Waals surface area contributed by atoms with E-state index in [1.165, 1.54) is 12.8 Å². The lowest BCUT2D eigenvalue weighted by atomic mass is 9.78. The molecule has 1 amide bonds. The molecule has 0 aromatic heterocycles. The van der Waals surface area contributed by atoms with Crippen LogP contribution in [0.2, 0.25) is 0 Å². The van der Waals surface area contributed by atoms with Crippen LogP contribution in [0.25, 0.3) is 0 Å². The highest BCUT2D eigenvalue weighted by atomic mass is 35.5. The van der Waals surface area contributed by atoms with Gasteiger partial charge in [0, 0.05) is 11.6 Å². The number of amides is 1. The third-order valence-corrected chi connectivity index (χ3v) is 4.94. The maximum absolute atomic E-state index is 12.5. The van der Waals surface area contributed by atoms with Gasteiger partial charge in [0.1, 0.15) is 0 Å². The fourth-order valence-corrected chi connectivity index (χ4v) is 3.06. The molecule has 2 unspecified atom stereocenters. The number of hydrogen-bond donors (Lipinski definition) is 2. The van der Waals surface area contributed by atoms with Gasteiger partial charge in [-0.15, -0.1) is 12.4 Å². The third-order valence-electron chi connectivity index (χ3n) is 4.94. The number of carbonyl (C=O) groups is 1. The van der Waals surface area contributed by atoms with Crippen LogP contribution in [0.15, 0.2) is 30.3 Å². The van der Waals surface area contributed by atoms with Gasteiger partial charge in [0.05, 0.1) is 5.92 Å². The molecule has 1 aromatic carbocycles. The maximum atomic E-state index is 12.5. The van der Waals surface area contributed by atoms with Gasteiger partial charge in [-0.2, -0.15) is 0 Å². The van der Waals surface area contributed by atoms with Gasteiger partial charge in [0.15, 0.2) is 0 Å². The largest absolute Gasteiger partial charge is 0.351 e. The number of nitrogens with one attached hydrogen (secondary N) is 1. The first-order chi connectivity index (χ1) is 9.91. The number of nitrogens with two attached hydrogens (primary N) is 1. The Bertz CT molecular complexity index is 469. The Morgan fingerprint density at radius 1 is 1.27 bits per heavy atom. The summed E-state index contributed by atoms with van der Waals surface area (Å²) in [5, 5.41) is 3.25. The molecule has 22 heavy (non-hydrogen) atoms. The third kappa shape index (κ3) is 4.72. The van der Waals surface area contributed by atoms with Crippen molar-refractivity contribution in [3.63, 3.8) is 0 Å². The highest BCUT2D eigenvalue weighted by Crippen LogP contribution is 2.32. The van der Waals surface area contributed by atoms with E-state index < -0.39 is 0 Å². The molecule has 0 radical (unpaired) electrons. The van der Waals surface area contributed by atoms with Crippen LogP contribution in [0.4, 0.5) is 0 Å². The molecule has 1 fully saturated rings. The molecule has 1 aliphatic carbocycles. The van der Waals surface area contributed by atoms with Crippen molar-refractivity contribution in [1.29, 1.82) is 0 Å².